The van der Waals surface area contributed by atoms with E-state index in [-0.39, 0.29) is 12.1 Å². The molecule has 0 radical (unpaired) electrons. The fraction of sp³-hybridized carbons (Fsp3) is 0.400. The number of benzene rings is 1. The first kappa shape index (κ1) is 13.6. The van der Waals surface area contributed by atoms with Gasteiger partial charge in [0.1, 0.15) is 5.75 Å². The molecule has 1 atom stereocenters. The molecular formula is C15H21N3O. The van der Waals surface area contributed by atoms with Gasteiger partial charge in [-0.3, -0.25) is 4.68 Å². The Bertz CT molecular complexity index is 534. The molecule has 0 aliphatic carbocycles. The molecule has 102 valence electrons. The molecule has 0 aliphatic heterocycles. The maximum atomic E-state index is 6.32. The zero-order valence-corrected chi connectivity index (χ0v) is 11.7. The standard InChI is InChI=1S/C15H21N3O/c1-4-18-14(8-9-17-18)15(16)12-6-5-7-13(10-12)19-11(2)3/h5-11,15H,4,16H2,1-3H3. The van der Waals surface area contributed by atoms with Crippen LogP contribution in [0.4, 0.5) is 0 Å². The number of aromatic nitrogens is 2. The van der Waals surface area contributed by atoms with Crippen molar-refractivity contribution in [2.75, 3.05) is 0 Å². The van der Waals surface area contributed by atoms with Gasteiger partial charge in [-0.1, -0.05) is 12.1 Å². The number of aryl methyl sites for hydroxylation is 1. The Labute approximate surface area is 114 Å². The minimum Gasteiger partial charge on any atom is -0.491 e. The van der Waals surface area contributed by atoms with E-state index in [1.165, 1.54) is 0 Å². The summed E-state index contributed by atoms with van der Waals surface area (Å²) >= 11 is 0. The van der Waals surface area contributed by atoms with Crippen LogP contribution in [0.25, 0.3) is 0 Å². The zero-order valence-electron chi connectivity index (χ0n) is 11.7. The van der Waals surface area contributed by atoms with E-state index in [9.17, 15) is 0 Å². The van der Waals surface area contributed by atoms with Gasteiger partial charge < -0.3 is 10.5 Å². The van der Waals surface area contributed by atoms with Gasteiger partial charge in [0.2, 0.25) is 0 Å². The smallest absolute Gasteiger partial charge is 0.120 e. The number of hydrogen-bond donors (Lipinski definition) is 1. The zero-order chi connectivity index (χ0) is 13.8. The predicted octanol–water partition coefficient (Wildman–Crippen LogP) is 2.74. The third-order valence-corrected chi connectivity index (χ3v) is 2.96. The van der Waals surface area contributed by atoms with Crippen LogP contribution in [0, 0.1) is 0 Å². The van der Waals surface area contributed by atoms with E-state index < -0.39 is 0 Å². The number of rotatable bonds is 5. The Morgan fingerprint density at radius 3 is 2.79 bits per heavy atom. The molecule has 4 heteroatoms. The summed E-state index contributed by atoms with van der Waals surface area (Å²) in [7, 11) is 0. The van der Waals surface area contributed by atoms with Crippen molar-refractivity contribution >= 4 is 0 Å². The fourth-order valence-electron chi connectivity index (χ4n) is 2.10. The maximum Gasteiger partial charge on any atom is 0.120 e. The third-order valence-electron chi connectivity index (χ3n) is 2.96. The fourth-order valence-corrected chi connectivity index (χ4v) is 2.10. The quantitative estimate of drug-likeness (QED) is 0.898. The minimum absolute atomic E-state index is 0.160. The van der Waals surface area contributed by atoms with Gasteiger partial charge in [-0.15, -0.1) is 0 Å². The molecule has 2 rings (SSSR count). The Morgan fingerprint density at radius 2 is 2.11 bits per heavy atom. The first-order chi connectivity index (χ1) is 9.11. The summed E-state index contributed by atoms with van der Waals surface area (Å²) in [5, 5.41) is 4.26. The van der Waals surface area contributed by atoms with Crippen LogP contribution in [-0.2, 0) is 6.54 Å². The van der Waals surface area contributed by atoms with Gasteiger partial charge in [-0.25, -0.2) is 0 Å². The molecule has 4 nitrogen and oxygen atoms in total. The van der Waals surface area contributed by atoms with E-state index in [1.54, 1.807) is 6.20 Å². The lowest BCUT2D eigenvalue weighted by Gasteiger charge is -2.16. The van der Waals surface area contributed by atoms with E-state index in [0.717, 1.165) is 23.6 Å². The highest BCUT2D eigenvalue weighted by atomic mass is 16.5. The summed E-state index contributed by atoms with van der Waals surface area (Å²) in [6.07, 6.45) is 1.94. The minimum atomic E-state index is -0.182. The summed E-state index contributed by atoms with van der Waals surface area (Å²) < 4.78 is 7.62. The van der Waals surface area contributed by atoms with Crippen molar-refractivity contribution in [1.82, 2.24) is 9.78 Å². The molecule has 2 aromatic rings. The molecule has 1 unspecified atom stereocenters. The molecular weight excluding hydrogens is 238 g/mol. The summed E-state index contributed by atoms with van der Waals surface area (Å²) in [5.41, 5.74) is 8.37. The second kappa shape index (κ2) is 5.89. The number of nitrogens with zero attached hydrogens (tertiary/aromatic N) is 2. The van der Waals surface area contributed by atoms with Crippen LogP contribution in [0.15, 0.2) is 36.5 Å². The van der Waals surface area contributed by atoms with E-state index >= 15 is 0 Å². The largest absolute Gasteiger partial charge is 0.491 e. The lowest BCUT2D eigenvalue weighted by Crippen LogP contribution is -2.17. The third kappa shape index (κ3) is 3.15. The van der Waals surface area contributed by atoms with E-state index in [4.69, 9.17) is 10.5 Å². The van der Waals surface area contributed by atoms with Gasteiger partial charge in [0.15, 0.2) is 0 Å². The molecule has 0 fully saturated rings. The van der Waals surface area contributed by atoms with E-state index in [2.05, 4.69) is 12.0 Å². The molecule has 1 aromatic carbocycles. The summed E-state index contributed by atoms with van der Waals surface area (Å²) in [4.78, 5) is 0. The normalized spacial score (nSPS) is 12.7. The Kier molecular flexibility index (Phi) is 4.22. The second-order valence-corrected chi connectivity index (χ2v) is 4.79. The number of nitrogens with two attached hydrogens (primary N) is 1. The summed E-state index contributed by atoms with van der Waals surface area (Å²) in [5.74, 6) is 0.852. The van der Waals surface area contributed by atoms with Crippen LogP contribution in [0.1, 0.15) is 38.1 Å². The molecule has 0 saturated heterocycles. The lowest BCUT2D eigenvalue weighted by molar-refractivity contribution is 0.242. The first-order valence-electron chi connectivity index (χ1n) is 6.65. The van der Waals surface area contributed by atoms with Crippen molar-refractivity contribution < 1.29 is 4.74 Å². The van der Waals surface area contributed by atoms with Gasteiger partial charge in [-0.05, 0) is 44.5 Å². The summed E-state index contributed by atoms with van der Waals surface area (Å²) in [6.45, 7) is 6.90. The summed E-state index contributed by atoms with van der Waals surface area (Å²) in [6, 6.07) is 9.72. The predicted molar refractivity (Wildman–Crippen MR) is 76.1 cm³/mol. The Balaban J connectivity index is 2.26. The average molecular weight is 259 g/mol. The van der Waals surface area contributed by atoms with Crippen molar-refractivity contribution in [3.8, 4) is 5.75 Å². The van der Waals surface area contributed by atoms with E-state index in [0.29, 0.717) is 0 Å². The van der Waals surface area contributed by atoms with Gasteiger partial charge in [0.05, 0.1) is 17.8 Å². The molecule has 0 aliphatic rings. The molecule has 0 bridgehead atoms. The molecule has 0 spiro atoms. The van der Waals surface area contributed by atoms with Crippen molar-refractivity contribution in [2.45, 2.75) is 39.5 Å². The highest BCUT2D eigenvalue weighted by molar-refractivity contribution is 5.34. The van der Waals surface area contributed by atoms with Crippen molar-refractivity contribution in [3.63, 3.8) is 0 Å². The van der Waals surface area contributed by atoms with Gasteiger partial charge in [0.25, 0.3) is 0 Å². The lowest BCUT2D eigenvalue weighted by atomic mass is 10.0. The molecule has 0 saturated carbocycles. The van der Waals surface area contributed by atoms with Crippen molar-refractivity contribution in [3.05, 3.63) is 47.8 Å². The average Bonchev–Trinajstić information content (AvgIpc) is 2.85. The number of ether oxygens (including phenoxy) is 1. The van der Waals surface area contributed by atoms with Crippen LogP contribution in [-0.4, -0.2) is 15.9 Å². The van der Waals surface area contributed by atoms with Crippen LogP contribution >= 0.6 is 0 Å². The van der Waals surface area contributed by atoms with Gasteiger partial charge in [-0.2, -0.15) is 5.10 Å². The molecule has 2 N–H and O–H groups in total. The van der Waals surface area contributed by atoms with Crippen LogP contribution < -0.4 is 10.5 Å². The molecule has 1 aromatic heterocycles. The van der Waals surface area contributed by atoms with Crippen molar-refractivity contribution in [1.29, 1.82) is 0 Å². The first-order valence-corrected chi connectivity index (χ1v) is 6.65. The Hall–Kier alpha value is -1.81. The van der Waals surface area contributed by atoms with Crippen LogP contribution in [0.2, 0.25) is 0 Å². The molecule has 19 heavy (non-hydrogen) atoms. The van der Waals surface area contributed by atoms with Crippen LogP contribution in [0.5, 0.6) is 5.75 Å². The Morgan fingerprint density at radius 1 is 1.32 bits per heavy atom. The highest BCUT2D eigenvalue weighted by Crippen LogP contribution is 2.23. The second-order valence-electron chi connectivity index (χ2n) is 4.79. The monoisotopic (exact) mass is 259 g/mol. The van der Waals surface area contributed by atoms with E-state index in [1.807, 2.05) is 48.9 Å². The van der Waals surface area contributed by atoms with Gasteiger partial charge >= 0.3 is 0 Å². The topological polar surface area (TPSA) is 53.1 Å². The molecule has 0 amide bonds. The van der Waals surface area contributed by atoms with Crippen LogP contribution in [0.3, 0.4) is 0 Å². The van der Waals surface area contributed by atoms with Gasteiger partial charge in [0, 0.05) is 12.7 Å². The van der Waals surface area contributed by atoms with Crippen molar-refractivity contribution in [2.24, 2.45) is 5.73 Å². The SMILES string of the molecule is CCn1nccc1C(N)c1cccc(OC(C)C)c1. The highest BCUT2D eigenvalue weighted by Gasteiger charge is 2.14. The number of hydrogen-bond acceptors (Lipinski definition) is 3. The molecule has 1 heterocycles. The maximum absolute atomic E-state index is 6.32.